The first-order valence-corrected chi connectivity index (χ1v) is 7.35. The van der Waals surface area contributed by atoms with Gasteiger partial charge in [-0.25, -0.2) is 0 Å². The zero-order chi connectivity index (χ0) is 15.4. The van der Waals surface area contributed by atoms with Crippen LogP contribution in [0.25, 0.3) is 0 Å². The molecular weight excluding hydrogens is 280 g/mol. The van der Waals surface area contributed by atoms with Crippen molar-refractivity contribution in [3.63, 3.8) is 0 Å². The van der Waals surface area contributed by atoms with E-state index in [9.17, 15) is 9.90 Å². The smallest absolute Gasteiger partial charge is 0.226 e. The number of aromatic nitrogens is 3. The summed E-state index contributed by atoms with van der Waals surface area (Å²) in [5, 5.41) is 12.6. The Morgan fingerprint density at radius 3 is 2.77 bits per heavy atom. The maximum atomic E-state index is 12.3. The molecule has 0 unspecified atom stereocenters. The van der Waals surface area contributed by atoms with E-state index in [4.69, 9.17) is 0 Å². The second kappa shape index (κ2) is 6.62. The number of amides is 1. The zero-order valence-corrected chi connectivity index (χ0v) is 12.1. The Labute approximate surface area is 128 Å². The molecule has 6 nitrogen and oxygen atoms in total. The minimum atomic E-state index is -0.270. The van der Waals surface area contributed by atoms with Gasteiger partial charge in [0.15, 0.2) is 0 Å². The highest BCUT2D eigenvalue weighted by molar-refractivity contribution is 5.78. The topological polar surface area (TPSA) is 88.0 Å². The fourth-order valence-corrected chi connectivity index (χ4v) is 2.71. The molecular formula is C16H18N4O2. The van der Waals surface area contributed by atoms with Crippen LogP contribution in [0.4, 0.5) is 0 Å². The Bertz CT molecular complexity index is 615. The SMILES string of the molecule is O=C(Cc1cnccn1)N[C@@H](c1ccccn1)C1CC(O)C1. The van der Waals surface area contributed by atoms with E-state index in [1.54, 1.807) is 24.8 Å². The van der Waals surface area contributed by atoms with Gasteiger partial charge in [-0.05, 0) is 30.9 Å². The predicted molar refractivity (Wildman–Crippen MR) is 79.6 cm³/mol. The van der Waals surface area contributed by atoms with Crippen LogP contribution in [0.3, 0.4) is 0 Å². The fourth-order valence-electron chi connectivity index (χ4n) is 2.71. The van der Waals surface area contributed by atoms with Gasteiger partial charge in [-0.3, -0.25) is 19.7 Å². The lowest BCUT2D eigenvalue weighted by Gasteiger charge is -2.37. The molecule has 2 N–H and O–H groups in total. The van der Waals surface area contributed by atoms with E-state index in [-0.39, 0.29) is 30.4 Å². The van der Waals surface area contributed by atoms with Crippen LogP contribution in [0.15, 0.2) is 43.0 Å². The normalized spacial score (nSPS) is 21.7. The molecule has 0 aromatic carbocycles. The molecule has 22 heavy (non-hydrogen) atoms. The van der Waals surface area contributed by atoms with Gasteiger partial charge in [-0.2, -0.15) is 0 Å². The molecule has 2 aromatic heterocycles. The minimum Gasteiger partial charge on any atom is -0.393 e. The average Bonchev–Trinajstić information content (AvgIpc) is 2.52. The molecule has 0 aliphatic heterocycles. The molecule has 2 heterocycles. The van der Waals surface area contributed by atoms with Gasteiger partial charge in [0.1, 0.15) is 0 Å². The molecule has 0 saturated heterocycles. The Morgan fingerprint density at radius 1 is 1.27 bits per heavy atom. The van der Waals surface area contributed by atoms with Crippen LogP contribution in [0.2, 0.25) is 0 Å². The Morgan fingerprint density at radius 2 is 2.14 bits per heavy atom. The first-order valence-electron chi connectivity index (χ1n) is 7.35. The lowest BCUT2D eigenvalue weighted by atomic mass is 9.76. The molecule has 1 amide bonds. The Hall–Kier alpha value is -2.34. The first-order chi connectivity index (χ1) is 10.7. The number of aliphatic hydroxyl groups is 1. The molecule has 1 saturated carbocycles. The highest BCUT2D eigenvalue weighted by atomic mass is 16.3. The maximum Gasteiger partial charge on any atom is 0.226 e. The average molecular weight is 298 g/mol. The van der Waals surface area contributed by atoms with Crippen LogP contribution in [0.1, 0.15) is 30.3 Å². The van der Waals surface area contributed by atoms with Crippen molar-refractivity contribution in [2.75, 3.05) is 0 Å². The number of hydrogen-bond acceptors (Lipinski definition) is 5. The molecule has 2 aromatic rings. The first kappa shape index (κ1) is 14.6. The van der Waals surface area contributed by atoms with Crippen LogP contribution in [0.5, 0.6) is 0 Å². The summed E-state index contributed by atoms with van der Waals surface area (Å²) in [6.45, 7) is 0. The van der Waals surface area contributed by atoms with Crippen LogP contribution in [-0.2, 0) is 11.2 Å². The van der Waals surface area contributed by atoms with E-state index in [2.05, 4.69) is 20.3 Å². The van der Waals surface area contributed by atoms with Gasteiger partial charge in [0.25, 0.3) is 0 Å². The third-order valence-corrected chi connectivity index (χ3v) is 3.90. The standard InChI is InChI=1S/C16H18N4O2/c21-13-7-11(8-13)16(14-3-1-2-4-19-14)20-15(22)9-12-10-17-5-6-18-12/h1-6,10-11,13,16,21H,7-9H2,(H,20,22)/t11?,13?,16-/m1/s1. The van der Waals surface area contributed by atoms with Gasteiger partial charge >= 0.3 is 0 Å². The Balaban J connectivity index is 1.69. The van der Waals surface area contributed by atoms with E-state index >= 15 is 0 Å². The summed E-state index contributed by atoms with van der Waals surface area (Å²) < 4.78 is 0. The zero-order valence-electron chi connectivity index (χ0n) is 12.1. The monoisotopic (exact) mass is 298 g/mol. The molecule has 1 fully saturated rings. The van der Waals surface area contributed by atoms with Crippen molar-refractivity contribution in [1.82, 2.24) is 20.3 Å². The number of hydrogen-bond donors (Lipinski definition) is 2. The van der Waals surface area contributed by atoms with Crippen molar-refractivity contribution in [2.24, 2.45) is 5.92 Å². The van der Waals surface area contributed by atoms with Crippen molar-refractivity contribution in [3.8, 4) is 0 Å². The van der Waals surface area contributed by atoms with Crippen molar-refractivity contribution in [3.05, 3.63) is 54.4 Å². The summed E-state index contributed by atoms with van der Waals surface area (Å²) in [7, 11) is 0. The number of nitrogens with one attached hydrogen (secondary N) is 1. The summed E-state index contributed by atoms with van der Waals surface area (Å²) in [5.41, 5.74) is 1.46. The van der Waals surface area contributed by atoms with Crippen LogP contribution in [0, 0.1) is 5.92 Å². The van der Waals surface area contributed by atoms with Gasteiger partial charge in [-0.1, -0.05) is 6.07 Å². The molecule has 1 aliphatic rings. The number of rotatable bonds is 5. The van der Waals surface area contributed by atoms with Crippen molar-refractivity contribution in [2.45, 2.75) is 31.4 Å². The summed E-state index contributed by atoms with van der Waals surface area (Å²) in [6, 6.07) is 5.48. The number of carbonyl (C=O) groups is 1. The van der Waals surface area contributed by atoms with Crippen molar-refractivity contribution < 1.29 is 9.90 Å². The second-order valence-electron chi connectivity index (χ2n) is 5.56. The number of nitrogens with zero attached hydrogens (tertiary/aromatic N) is 3. The highest BCUT2D eigenvalue weighted by Gasteiger charge is 2.36. The van der Waals surface area contributed by atoms with Crippen molar-refractivity contribution in [1.29, 1.82) is 0 Å². The lowest BCUT2D eigenvalue weighted by Crippen LogP contribution is -2.42. The summed E-state index contributed by atoms with van der Waals surface area (Å²) in [5.74, 6) is 0.105. The van der Waals surface area contributed by atoms with E-state index in [1.807, 2.05) is 18.2 Å². The minimum absolute atomic E-state index is 0.113. The van der Waals surface area contributed by atoms with Gasteiger partial charge in [-0.15, -0.1) is 0 Å². The number of carbonyl (C=O) groups excluding carboxylic acids is 1. The second-order valence-corrected chi connectivity index (χ2v) is 5.56. The summed E-state index contributed by atoms with van der Waals surface area (Å²) >= 11 is 0. The number of aliphatic hydroxyl groups excluding tert-OH is 1. The largest absolute Gasteiger partial charge is 0.393 e. The predicted octanol–water partition coefficient (Wildman–Crippen LogP) is 1.04. The van der Waals surface area contributed by atoms with Crippen LogP contribution in [-0.4, -0.2) is 32.1 Å². The van der Waals surface area contributed by atoms with Gasteiger partial charge in [0.05, 0.1) is 30.0 Å². The molecule has 0 spiro atoms. The van der Waals surface area contributed by atoms with E-state index in [0.717, 1.165) is 5.69 Å². The quantitative estimate of drug-likeness (QED) is 0.861. The number of pyridine rings is 1. The fraction of sp³-hybridized carbons (Fsp3) is 0.375. The molecule has 1 aliphatic carbocycles. The van der Waals surface area contributed by atoms with Gasteiger partial charge < -0.3 is 10.4 Å². The van der Waals surface area contributed by atoms with Crippen molar-refractivity contribution >= 4 is 5.91 Å². The molecule has 6 heteroatoms. The van der Waals surface area contributed by atoms with Gasteiger partial charge in [0.2, 0.25) is 5.91 Å². The lowest BCUT2D eigenvalue weighted by molar-refractivity contribution is -0.122. The molecule has 0 radical (unpaired) electrons. The maximum absolute atomic E-state index is 12.3. The molecule has 114 valence electrons. The van der Waals surface area contributed by atoms with Crippen LogP contribution < -0.4 is 5.32 Å². The van der Waals surface area contributed by atoms with E-state index < -0.39 is 0 Å². The third kappa shape index (κ3) is 3.46. The van der Waals surface area contributed by atoms with Gasteiger partial charge in [0, 0.05) is 24.8 Å². The third-order valence-electron chi connectivity index (χ3n) is 3.90. The highest BCUT2D eigenvalue weighted by Crippen LogP contribution is 2.37. The van der Waals surface area contributed by atoms with Crippen LogP contribution >= 0.6 is 0 Å². The molecule has 0 bridgehead atoms. The van der Waals surface area contributed by atoms with E-state index in [0.29, 0.717) is 18.5 Å². The summed E-state index contributed by atoms with van der Waals surface area (Å²) in [4.78, 5) is 24.7. The van der Waals surface area contributed by atoms with E-state index in [1.165, 1.54) is 0 Å². The summed E-state index contributed by atoms with van der Waals surface area (Å²) in [6.07, 6.45) is 7.74. The molecule has 3 rings (SSSR count). The molecule has 1 atom stereocenters. The Kier molecular flexibility index (Phi) is 4.39.